The number of nitrogens with zero attached hydrogens (tertiary/aromatic N) is 1. The Bertz CT molecular complexity index is 924. The Labute approximate surface area is 233 Å². The second-order valence-corrected chi connectivity index (χ2v) is 13.3. The molecule has 0 saturated carbocycles. The highest BCUT2D eigenvalue weighted by Gasteiger charge is 2.39. The normalized spacial score (nSPS) is 14.4. The third-order valence-electron chi connectivity index (χ3n) is 5.70. The number of phenolic OH excluding ortho intramolecular Hbond substituents is 1. The van der Waals surface area contributed by atoms with Crippen LogP contribution in [0.2, 0.25) is 0 Å². The molecule has 0 radical (unpaired) electrons. The Morgan fingerprint density at radius 3 is 2.16 bits per heavy atom. The smallest absolute Gasteiger partial charge is 0.408 e. The lowest BCUT2D eigenvalue weighted by Crippen LogP contribution is -2.57. The molecule has 1 aromatic rings. The van der Waals surface area contributed by atoms with E-state index in [9.17, 15) is 19.5 Å². The van der Waals surface area contributed by atoms with Gasteiger partial charge in [0.2, 0.25) is 11.8 Å². The standard InChI is InChI=1S/C29H49N3O5S/c1-19(2)14-15-20(3)32(26(35)23(16-17-38-10)30-27(36)37-29(7,8)9)24(25(34)31-28(4,5)6)21-12-11-13-22(33)18-21/h11-13,18-20,23-24,33H,14-17H2,1-10H3,(H,30,36)(H,31,34). The van der Waals surface area contributed by atoms with Crippen molar-refractivity contribution in [2.75, 3.05) is 12.0 Å². The van der Waals surface area contributed by atoms with Crippen molar-refractivity contribution in [3.05, 3.63) is 29.8 Å². The second-order valence-electron chi connectivity index (χ2n) is 12.3. The molecule has 1 rings (SSSR count). The Morgan fingerprint density at radius 1 is 1.03 bits per heavy atom. The molecule has 0 aliphatic carbocycles. The van der Waals surface area contributed by atoms with Crippen LogP contribution in [0.4, 0.5) is 4.79 Å². The minimum absolute atomic E-state index is 0.00380. The number of thioether (sulfide) groups is 1. The van der Waals surface area contributed by atoms with Gasteiger partial charge in [-0.2, -0.15) is 11.8 Å². The first-order valence-corrected chi connectivity index (χ1v) is 14.8. The molecule has 0 saturated heterocycles. The summed E-state index contributed by atoms with van der Waals surface area (Å²) in [6, 6.07) is 4.23. The lowest BCUT2D eigenvalue weighted by molar-refractivity contribution is -0.145. The molecule has 0 aromatic heterocycles. The topological polar surface area (TPSA) is 108 Å². The van der Waals surface area contributed by atoms with Crippen LogP contribution in [-0.2, 0) is 14.3 Å². The van der Waals surface area contributed by atoms with Crippen LogP contribution in [0.5, 0.6) is 5.75 Å². The number of carbonyl (C=O) groups excluding carboxylic acids is 3. The van der Waals surface area contributed by atoms with Crippen molar-refractivity contribution in [1.82, 2.24) is 15.5 Å². The van der Waals surface area contributed by atoms with Crippen LogP contribution in [0, 0.1) is 5.92 Å². The Kier molecular flexibility index (Phi) is 13.0. The molecule has 0 bridgehead atoms. The molecule has 0 heterocycles. The Hall–Kier alpha value is -2.42. The van der Waals surface area contributed by atoms with Gasteiger partial charge in [0.05, 0.1) is 0 Å². The minimum atomic E-state index is -1.01. The third-order valence-corrected chi connectivity index (χ3v) is 6.35. The maximum atomic E-state index is 14.3. The summed E-state index contributed by atoms with van der Waals surface area (Å²) < 4.78 is 5.45. The summed E-state index contributed by atoms with van der Waals surface area (Å²) in [6.07, 6.45) is 3.15. The van der Waals surface area contributed by atoms with Crippen molar-refractivity contribution in [1.29, 1.82) is 0 Å². The summed E-state index contributed by atoms with van der Waals surface area (Å²) >= 11 is 1.57. The number of hydrogen-bond acceptors (Lipinski definition) is 6. The molecular weight excluding hydrogens is 502 g/mol. The molecule has 9 heteroatoms. The van der Waals surface area contributed by atoms with Gasteiger partial charge in [-0.1, -0.05) is 26.0 Å². The van der Waals surface area contributed by atoms with E-state index in [0.717, 1.165) is 6.42 Å². The molecule has 3 amide bonds. The van der Waals surface area contributed by atoms with Gasteiger partial charge in [0.15, 0.2) is 0 Å². The number of nitrogens with one attached hydrogen (secondary N) is 2. The number of amides is 3. The fourth-order valence-corrected chi connectivity index (χ4v) is 4.48. The Morgan fingerprint density at radius 2 is 1.66 bits per heavy atom. The fourth-order valence-electron chi connectivity index (χ4n) is 4.01. The van der Waals surface area contributed by atoms with Crippen LogP contribution in [0.25, 0.3) is 0 Å². The van der Waals surface area contributed by atoms with E-state index in [1.165, 1.54) is 12.1 Å². The zero-order valence-corrected chi connectivity index (χ0v) is 25.7. The zero-order valence-electron chi connectivity index (χ0n) is 24.9. The van der Waals surface area contributed by atoms with E-state index in [0.29, 0.717) is 30.1 Å². The largest absolute Gasteiger partial charge is 0.508 e. The van der Waals surface area contributed by atoms with Crippen molar-refractivity contribution in [3.8, 4) is 5.75 Å². The number of phenols is 1. The van der Waals surface area contributed by atoms with Gasteiger partial charge in [-0.05, 0) is 103 Å². The Balaban J connectivity index is 3.63. The number of ether oxygens (including phenoxy) is 1. The molecule has 0 aliphatic rings. The molecule has 0 aliphatic heterocycles. The molecule has 38 heavy (non-hydrogen) atoms. The van der Waals surface area contributed by atoms with E-state index in [4.69, 9.17) is 4.74 Å². The predicted octanol–water partition coefficient (Wildman–Crippen LogP) is 5.65. The molecule has 3 N–H and O–H groups in total. The van der Waals surface area contributed by atoms with Crippen molar-refractivity contribution in [2.45, 2.75) is 111 Å². The van der Waals surface area contributed by atoms with Crippen molar-refractivity contribution >= 4 is 29.7 Å². The summed E-state index contributed by atoms with van der Waals surface area (Å²) in [7, 11) is 0. The lowest BCUT2D eigenvalue weighted by Gasteiger charge is -2.40. The van der Waals surface area contributed by atoms with Crippen LogP contribution < -0.4 is 10.6 Å². The molecule has 1 aromatic carbocycles. The lowest BCUT2D eigenvalue weighted by atomic mass is 9.96. The minimum Gasteiger partial charge on any atom is -0.508 e. The van der Waals surface area contributed by atoms with E-state index in [-0.39, 0.29) is 23.6 Å². The molecule has 8 nitrogen and oxygen atoms in total. The van der Waals surface area contributed by atoms with Gasteiger partial charge in [-0.15, -0.1) is 0 Å². The summed E-state index contributed by atoms with van der Waals surface area (Å²) in [4.78, 5) is 42.4. The maximum absolute atomic E-state index is 14.3. The first-order valence-electron chi connectivity index (χ1n) is 13.4. The number of carbonyl (C=O) groups is 3. The van der Waals surface area contributed by atoms with Crippen molar-refractivity contribution in [3.63, 3.8) is 0 Å². The summed E-state index contributed by atoms with van der Waals surface area (Å²) in [6.45, 7) is 17.1. The van der Waals surface area contributed by atoms with E-state index < -0.39 is 29.3 Å². The predicted molar refractivity (Wildman–Crippen MR) is 155 cm³/mol. The maximum Gasteiger partial charge on any atom is 0.408 e. The first kappa shape index (κ1) is 33.6. The molecule has 216 valence electrons. The first-order chi connectivity index (χ1) is 17.4. The van der Waals surface area contributed by atoms with Crippen LogP contribution in [0.1, 0.15) is 93.2 Å². The highest BCUT2D eigenvalue weighted by Crippen LogP contribution is 2.30. The zero-order chi connectivity index (χ0) is 29.3. The number of alkyl carbamates (subject to hydrolysis) is 1. The van der Waals surface area contributed by atoms with Gasteiger partial charge in [0.1, 0.15) is 23.4 Å². The highest BCUT2D eigenvalue weighted by molar-refractivity contribution is 7.98. The van der Waals surface area contributed by atoms with E-state index in [1.807, 2.05) is 34.0 Å². The van der Waals surface area contributed by atoms with Crippen molar-refractivity contribution < 1.29 is 24.2 Å². The quantitative estimate of drug-likeness (QED) is 0.310. The van der Waals surface area contributed by atoms with Gasteiger partial charge in [-0.25, -0.2) is 4.79 Å². The third kappa shape index (κ3) is 12.0. The van der Waals surface area contributed by atoms with Crippen molar-refractivity contribution in [2.24, 2.45) is 5.92 Å². The number of aromatic hydroxyl groups is 1. The summed E-state index contributed by atoms with van der Waals surface area (Å²) in [5, 5.41) is 16.0. The number of rotatable bonds is 12. The molecular formula is C29H49N3O5S. The molecule has 0 fully saturated rings. The number of benzene rings is 1. The molecule has 3 atom stereocenters. The van der Waals surface area contributed by atoms with Crippen LogP contribution in [-0.4, -0.2) is 63.1 Å². The van der Waals surface area contributed by atoms with E-state index in [2.05, 4.69) is 24.5 Å². The van der Waals surface area contributed by atoms with E-state index >= 15 is 0 Å². The van der Waals surface area contributed by atoms with Gasteiger partial charge in [-0.3, -0.25) is 9.59 Å². The van der Waals surface area contributed by atoms with Crippen LogP contribution in [0.3, 0.4) is 0 Å². The average molecular weight is 552 g/mol. The molecule has 0 spiro atoms. The summed E-state index contributed by atoms with van der Waals surface area (Å²) in [5.74, 6) is 0.325. The van der Waals surface area contributed by atoms with Gasteiger partial charge >= 0.3 is 6.09 Å². The fraction of sp³-hybridized carbons (Fsp3) is 0.690. The monoisotopic (exact) mass is 551 g/mol. The van der Waals surface area contributed by atoms with Gasteiger partial charge in [0.25, 0.3) is 0 Å². The molecule has 3 unspecified atom stereocenters. The van der Waals surface area contributed by atoms with Gasteiger partial charge in [0, 0.05) is 11.6 Å². The van der Waals surface area contributed by atoms with Crippen LogP contribution >= 0.6 is 11.8 Å². The average Bonchev–Trinajstić information content (AvgIpc) is 2.75. The SMILES string of the molecule is CSCCC(NC(=O)OC(C)(C)C)C(=O)N(C(C)CCC(C)C)C(C(=O)NC(C)(C)C)c1cccc(O)c1. The van der Waals surface area contributed by atoms with Crippen LogP contribution in [0.15, 0.2) is 24.3 Å². The van der Waals surface area contributed by atoms with E-state index in [1.54, 1.807) is 49.6 Å². The summed E-state index contributed by atoms with van der Waals surface area (Å²) in [5.41, 5.74) is -0.773. The van der Waals surface area contributed by atoms with Gasteiger partial charge < -0.3 is 25.4 Å². The highest BCUT2D eigenvalue weighted by atomic mass is 32.2. The number of hydrogen-bond donors (Lipinski definition) is 3. The second kappa shape index (κ2) is 14.7.